The van der Waals surface area contributed by atoms with Crippen molar-refractivity contribution in [2.24, 2.45) is 5.41 Å². The molecule has 0 aliphatic heterocycles. The summed E-state index contributed by atoms with van der Waals surface area (Å²) in [6.07, 6.45) is 0. The average molecular weight is 321 g/mol. The molecule has 0 aromatic heterocycles. The molecule has 0 amide bonds. The maximum atomic E-state index is 3.46. The molecule has 1 aromatic carbocycles. The third-order valence-electron chi connectivity index (χ3n) is 1.69. The second kappa shape index (κ2) is 4.67. The highest BCUT2D eigenvalue weighted by molar-refractivity contribution is 9.11. The van der Waals surface area contributed by atoms with Crippen LogP contribution in [0.5, 0.6) is 0 Å². The van der Waals surface area contributed by atoms with Crippen LogP contribution in [0.2, 0.25) is 0 Å². The van der Waals surface area contributed by atoms with Crippen molar-refractivity contribution in [2.75, 3.05) is 11.9 Å². The van der Waals surface area contributed by atoms with Gasteiger partial charge in [0, 0.05) is 21.2 Å². The first-order valence-corrected chi connectivity index (χ1v) is 6.15. The van der Waals surface area contributed by atoms with E-state index in [-0.39, 0.29) is 0 Å². The summed E-state index contributed by atoms with van der Waals surface area (Å²) in [7, 11) is 0. The SMILES string of the molecule is CC(C)(C)CNc1cc(Br)cc(Br)c1. The number of halogens is 2. The van der Waals surface area contributed by atoms with Gasteiger partial charge in [-0.1, -0.05) is 52.6 Å². The molecule has 0 aliphatic rings. The minimum atomic E-state index is 0.300. The van der Waals surface area contributed by atoms with E-state index in [4.69, 9.17) is 0 Å². The van der Waals surface area contributed by atoms with Crippen molar-refractivity contribution in [2.45, 2.75) is 20.8 Å². The summed E-state index contributed by atoms with van der Waals surface area (Å²) in [6.45, 7) is 7.61. The van der Waals surface area contributed by atoms with Crippen molar-refractivity contribution < 1.29 is 0 Å². The zero-order valence-corrected chi connectivity index (χ0v) is 11.9. The van der Waals surface area contributed by atoms with Crippen LogP contribution in [0.1, 0.15) is 20.8 Å². The summed E-state index contributed by atoms with van der Waals surface area (Å²) >= 11 is 6.93. The second-order valence-electron chi connectivity index (χ2n) is 4.57. The molecule has 3 heteroatoms. The Hall–Kier alpha value is -0.0200. The molecule has 1 rings (SSSR count). The summed E-state index contributed by atoms with van der Waals surface area (Å²) in [5, 5.41) is 3.41. The summed E-state index contributed by atoms with van der Waals surface area (Å²) in [5.41, 5.74) is 1.44. The van der Waals surface area contributed by atoms with Gasteiger partial charge in [-0.05, 0) is 23.6 Å². The molecule has 0 aliphatic carbocycles. The highest BCUT2D eigenvalue weighted by Gasteiger charge is 2.09. The fraction of sp³-hybridized carbons (Fsp3) is 0.455. The highest BCUT2D eigenvalue weighted by atomic mass is 79.9. The Labute approximate surface area is 103 Å². The normalized spacial score (nSPS) is 11.5. The highest BCUT2D eigenvalue weighted by Crippen LogP contribution is 2.24. The first-order valence-electron chi connectivity index (χ1n) is 4.57. The van der Waals surface area contributed by atoms with E-state index < -0.39 is 0 Å². The number of hydrogen-bond donors (Lipinski definition) is 1. The van der Waals surface area contributed by atoms with E-state index in [1.54, 1.807) is 0 Å². The van der Waals surface area contributed by atoms with E-state index in [0.29, 0.717) is 5.41 Å². The van der Waals surface area contributed by atoms with Crippen molar-refractivity contribution in [3.63, 3.8) is 0 Å². The van der Waals surface area contributed by atoms with Gasteiger partial charge >= 0.3 is 0 Å². The Bertz CT molecular complexity index is 295. The fourth-order valence-corrected chi connectivity index (χ4v) is 2.32. The molecule has 1 aromatic rings. The lowest BCUT2D eigenvalue weighted by molar-refractivity contribution is 0.443. The zero-order valence-electron chi connectivity index (χ0n) is 8.70. The van der Waals surface area contributed by atoms with Crippen molar-refractivity contribution in [3.05, 3.63) is 27.1 Å². The average Bonchev–Trinajstić information content (AvgIpc) is 1.97. The predicted octanol–water partition coefficient (Wildman–Crippen LogP) is 4.67. The zero-order chi connectivity index (χ0) is 10.8. The van der Waals surface area contributed by atoms with Crippen molar-refractivity contribution in [1.29, 1.82) is 0 Å². The molecule has 0 heterocycles. The smallest absolute Gasteiger partial charge is 0.0362 e. The lowest BCUT2D eigenvalue weighted by Gasteiger charge is -2.19. The van der Waals surface area contributed by atoms with Crippen LogP contribution in [-0.2, 0) is 0 Å². The Morgan fingerprint density at radius 2 is 1.57 bits per heavy atom. The van der Waals surface area contributed by atoms with Crippen LogP contribution < -0.4 is 5.32 Å². The predicted molar refractivity (Wildman–Crippen MR) is 69.8 cm³/mol. The quantitative estimate of drug-likeness (QED) is 0.835. The maximum Gasteiger partial charge on any atom is 0.0362 e. The van der Waals surface area contributed by atoms with Crippen molar-refractivity contribution in [3.8, 4) is 0 Å². The Morgan fingerprint density at radius 3 is 2.00 bits per heavy atom. The number of rotatable bonds is 2. The van der Waals surface area contributed by atoms with E-state index in [2.05, 4.69) is 70.1 Å². The van der Waals surface area contributed by atoms with Gasteiger partial charge in [0.2, 0.25) is 0 Å². The van der Waals surface area contributed by atoms with Crippen LogP contribution >= 0.6 is 31.9 Å². The van der Waals surface area contributed by atoms with Gasteiger partial charge in [0.05, 0.1) is 0 Å². The maximum absolute atomic E-state index is 3.46. The lowest BCUT2D eigenvalue weighted by Crippen LogP contribution is -2.18. The van der Waals surface area contributed by atoms with E-state index in [1.165, 1.54) is 0 Å². The van der Waals surface area contributed by atoms with Gasteiger partial charge < -0.3 is 5.32 Å². The Balaban J connectivity index is 2.68. The van der Waals surface area contributed by atoms with E-state index >= 15 is 0 Å². The minimum absolute atomic E-state index is 0.300. The third-order valence-corrected chi connectivity index (χ3v) is 2.60. The van der Waals surface area contributed by atoms with E-state index in [1.807, 2.05) is 6.07 Å². The number of nitrogens with one attached hydrogen (secondary N) is 1. The van der Waals surface area contributed by atoms with Crippen LogP contribution in [0.15, 0.2) is 27.1 Å². The molecular formula is C11H15Br2N. The molecule has 0 fully saturated rings. The topological polar surface area (TPSA) is 12.0 Å². The van der Waals surface area contributed by atoms with Gasteiger partial charge in [0.1, 0.15) is 0 Å². The number of hydrogen-bond acceptors (Lipinski definition) is 1. The summed E-state index contributed by atoms with van der Waals surface area (Å²) in [6, 6.07) is 6.19. The van der Waals surface area contributed by atoms with Crippen molar-refractivity contribution >= 4 is 37.5 Å². The molecule has 1 N–H and O–H groups in total. The van der Waals surface area contributed by atoms with Gasteiger partial charge in [-0.3, -0.25) is 0 Å². The number of benzene rings is 1. The van der Waals surface area contributed by atoms with Gasteiger partial charge in [0.25, 0.3) is 0 Å². The van der Waals surface area contributed by atoms with Crippen LogP contribution in [0.3, 0.4) is 0 Å². The molecular weight excluding hydrogens is 306 g/mol. The fourth-order valence-electron chi connectivity index (χ4n) is 1.02. The monoisotopic (exact) mass is 319 g/mol. The van der Waals surface area contributed by atoms with Gasteiger partial charge in [-0.25, -0.2) is 0 Å². The number of anilines is 1. The Kier molecular flexibility index (Phi) is 4.02. The van der Waals surface area contributed by atoms with Crippen molar-refractivity contribution in [1.82, 2.24) is 0 Å². The minimum Gasteiger partial charge on any atom is -0.384 e. The van der Waals surface area contributed by atoms with E-state index in [9.17, 15) is 0 Å². The molecule has 1 nitrogen and oxygen atoms in total. The lowest BCUT2D eigenvalue weighted by atomic mass is 9.97. The first kappa shape index (κ1) is 12.1. The molecule has 0 radical (unpaired) electrons. The van der Waals surface area contributed by atoms with Gasteiger partial charge in [-0.15, -0.1) is 0 Å². The van der Waals surface area contributed by atoms with Crippen LogP contribution in [0.25, 0.3) is 0 Å². The molecule has 0 spiro atoms. The van der Waals surface area contributed by atoms with Crippen LogP contribution in [0.4, 0.5) is 5.69 Å². The summed E-state index contributed by atoms with van der Waals surface area (Å²) < 4.78 is 2.17. The molecule has 0 saturated carbocycles. The van der Waals surface area contributed by atoms with Crippen LogP contribution in [-0.4, -0.2) is 6.54 Å². The van der Waals surface area contributed by atoms with Gasteiger partial charge in [0.15, 0.2) is 0 Å². The third kappa shape index (κ3) is 4.47. The van der Waals surface area contributed by atoms with E-state index in [0.717, 1.165) is 21.2 Å². The first-order chi connectivity index (χ1) is 6.37. The molecule has 0 bridgehead atoms. The second-order valence-corrected chi connectivity index (χ2v) is 6.40. The summed E-state index contributed by atoms with van der Waals surface area (Å²) in [5.74, 6) is 0. The largest absolute Gasteiger partial charge is 0.384 e. The molecule has 78 valence electrons. The molecule has 0 saturated heterocycles. The molecule has 0 unspecified atom stereocenters. The summed E-state index contributed by atoms with van der Waals surface area (Å²) in [4.78, 5) is 0. The Morgan fingerprint density at radius 1 is 1.07 bits per heavy atom. The standard InChI is InChI=1S/C11H15Br2N/c1-11(2,3)7-14-10-5-8(12)4-9(13)6-10/h4-6,14H,7H2,1-3H3. The van der Waals surface area contributed by atoms with Crippen LogP contribution in [0, 0.1) is 5.41 Å². The van der Waals surface area contributed by atoms with Gasteiger partial charge in [-0.2, -0.15) is 0 Å². The molecule has 14 heavy (non-hydrogen) atoms. The molecule has 0 atom stereocenters.